The molecule has 0 radical (unpaired) electrons. The Morgan fingerprint density at radius 2 is 1.62 bits per heavy atom. The highest BCUT2D eigenvalue weighted by Gasteiger charge is 2.34. The van der Waals surface area contributed by atoms with E-state index in [0.717, 1.165) is 11.1 Å². The van der Waals surface area contributed by atoms with Crippen LogP contribution in [0.1, 0.15) is 11.1 Å². The van der Waals surface area contributed by atoms with Gasteiger partial charge in [-0.05, 0) is 16.8 Å². The third kappa shape index (κ3) is 1.78. The van der Waals surface area contributed by atoms with E-state index in [1.165, 1.54) is 0 Å². The highest BCUT2D eigenvalue weighted by Crippen LogP contribution is 2.34. The highest BCUT2D eigenvalue weighted by atomic mass is 32.1. The Morgan fingerprint density at radius 1 is 0.938 bits per heavy atom. The van der Waals surface area contributed by atoms with Crippen molar-refractivity contribution in [3.63, 3.8) is 0 Å². The van der Waals surface area contributed by atoms with E-state index < -0.39 is 5.79 Å². The minimum atomic E-state index is -0.790. The van der Waals surface area contributed by atoms with Gasteiger partial charge in [-0.15, -0.1) is 0 Å². The van der Waals surface area contributed by atoms with E-state index >= 15 is 0 Å². The molecule has 0 bridgehead atoms. The summed E-state index contributed by atoms with van der Waals surface area (Å²) in [4.78, 5) is 0. The molecule has 0 aliphatic carbocycles. The molecule has 0 amide bonds. The van der Waals surface area contributed by atoms with Crippen molar-refractivity contribution in [3.05, 3.63) is 58.3 Å². The molecule has 1 aromatic heterocycles. The second kappa shape index (κ2) is 4.78. The molecule has 1 aromatic carbocycles. The lowest BCUT2D eigenvalue weighted by molar-refractivity contribution is -0.183. The van der Waals surface area contributed by atoms with Crippen molar-refractivity contribution >= 4 is 11.3 Å². The van der Waals surface area contributed by atoms with Gasteiger partial charge in [-0.1, -0.05) is 30.3 Å². The van der Waals surface area contributed by atoms with Gasteiger partial charge >= 0.3 is 0 Å². The first kappa shape index (κ1) is 11.3. The van der Waals surface area contributed by atoms with Crippen LogP contribution >= 0.6 is 11.3 Å². The standard InChI is InChI=1S/C13H14O2S/c1-14-13(15-2,12-8-9-16-10-12)11-6-4-3-5-7-11/h3-10H,1-2H3. The summed E-state index contributed by atoms with van der Waals surface area (Å²) in [5.74, 6) is -0.790. The fraction of sp³-hybridized carbons (Fsp3) is 0.231. The fourth-order valence-electron chi connectivity index (χ4n) is 1.83. The number of thiophene rings is 1. The molecule has 0 aliphatic rings. The highest BCUT2D eigenvalue weighted by molar-refractivity contribution is 7.08. The van der Waals surface area contributed by atoms with Gasteiger partial charge in [-0.25, -0.2) is 0 Å². The lowest BCUT2D eigenvalue weighted by Crippen LogP contribution is -2.31. The van der Waals surface area contributed by atoms with Crippen molar-refractivity contribution < 1.29 is 9.47 Å². The summed E-state index contributed by atoms with van der Waals surface area (Å²) in [6.07, 6.45) is 0. The average Bonchev–Trinajstić information content (AvgIpc) is 2.87. The Kier molecular flexibility index (Phi) is 3.39. The second-order valence-electron chi connectivity index (χ2n) is 3.40. The molecule has 0 saturated heterocycles. The maximum Gasteiger partial charge on any atom is 0.222 e. The van der Waals surface area contributed by atoms with Crippen LogP contribution in [0.3, 0.4) is 0 Å². The van der Waals surface area contributed by atoms with Crippen molar-refractivity contribution in [2.24, 2.45) is 0 Å². The van der Waals surface area contributed by atoms with E-state index in [9.17, 15) is 0 Å². The Hall–Kier alpha value is -1.16. The second-order valence-corrected chi connectivity index (χ2v) is 4.18. The van der Waals surface area contributed by atoms with Crippen LogP contribution < -0.4 is 0 Å². The Labute approximate surface area is 99.5 Å². The molecule has 0 fully saturated rings. The predicted molar refractivity (Wildman–Crippen MR) is 65.6 cm³/mol. The number of hydrogen-bond donors (Lipinski definition) is 0. The molecule has 84 valence electrons. The van der Waals surface area contributed by atoms with Crippen LogP contribution in [0.5, 0.6) is 0 Å². The lowest BCUT2D eigenvalue weighted by atomic mass is 10.00. The van der Waals surface area contributed by atoms with Gasteiger partial charge in [0, 0.05) is 25.3 Å². The number of methoxy groups -OCH3 is 2. The first-order valence-corrected chi connectivity index (χ1v) is 5.96. The molecule has 2 nitrogen and oxygen atoms in total. The topological polar surface area (TPSA) is 18.5 Å². The molecule has 3 heteroatoms. The first-order chi connectivity index (χ1) is 7.83. The van der Waals surface area contributed by atoms with Gasteiger partial charge in [-0.2, -0.15) is 11.3 Å². The average molecular weight is 234 g/mol. The van der Waals surface area contributed by atoms with Crippen LogP contribution in [0.15, 0.2) is 47.2 Å². The Bertz CT molecular complexity index is 418. The van der Waals surface area contributed by atoms with E-state index in [1.54, 1.807) is 25.6 Å². The van der Waals surface area contributed by atoms with Crippen LogP contribution in [-0.2, 0) is 15.3 Å². The van der Waals surface area contributed by atoms with Gasteiger partial charge in [0.1, 0.15) is 0 Å². The van der Waals surface area contributed by atoms with E-state index in [0.29, 0.717) is 0 Å². The maximum absolute atomic E-state index is 5.60. The number of rotatable bonds is 4. The molecule has 16 heavy (non-hydrogen) atoms. The summed E-state index contributed by atoms with van der Waals surface area (Å²) < 4.78 is 11.2. The van der Waals surface area contributed by atoms with Crippen LogP contribution in [0.2, 0.25) is 0 Å². The zero-order valence-corrected chi connectivity index (χ0v) is 10.2. The number of benzene rings is 1. The van der Waals surface area contributed by atoms with E-state index in [-0.39, 0.29) is 0 Å². The summed E-state index contributed by atoms with van der Waals surface area (Å²) in [6.45, 7) is 0. The van der Waals surface area contributed by atoms with Crippen molar-refractivity contribution in [2.45, 2.75) is 5.79 Å². The number of hydrogen-bond acceptors (Lipinski definition) is 3. The molecular weight excluding hydrogens is 220 g/mol. The molecular formula is C13H14O2S. The Morgan fingerprint density at radius 3 is 2.12 bits per heavy atom. The molecule has 2 aromatic rings. The summed E-state index contributed by atoms with van der Waals surface area (Å²) in [6, 6.07) is 12.0. The van der Waals surface area contributed by atoms with Gasteiger partial charge in [0.15, 0.2) is 0 Å². The summed E-state index contributed by atoms with van der Waals surface area (Å²) in [5, 5.41) is 4.06. The van der Waals surface area contributed by atoms with Gasteiger partial charge in [-0.3, -0.25) is 0 Å². The number of ether oxygens (including phenoxy) is 2. The van der Waals surface area contributed by atoms with Gasteiger partial charge in [0.25, 0.3) is 0 Å². The maximum atomic E-state index is 5.60. The zero-order valence-electron chi connectivity index (χ0n) is 9.34. The molecule has 1 heterocycles. The van der Waals surface area contributed by atoms with E-state index in [2.05, 4.69) is 0 Å². The molecule has 0 unspecified atom stereocenters. The summed E-state index contributed by atoms with van der Waals surface area (Å²) in [7, 11) is 3.32. The SMILES string of the molecule is COC(OC)(c1ccccc1)c1ccsc1. The normalized spacial score (nSPS) is 11.6. The van der Waals surface area contributed by atoms with E-state index in [4.69, 9.17) is 9.47 Å². The third-order valence-corrected chi connectivity index (χ3v) is 3.31. The van der Waals surface area contributed by atoms with Crippen LogP contribution in [0.4, 0.5) is 0 Å². The first-order valence-electron chi connectivity index (χ1n) is 5.02. The van der Waals surface area contributed by atoms with Crippen LogP contribution in [0.25, 0.3) is 0 Å². The fourth-order valence-corrected chi connectivity index (χ4v) is 2.51. The summed E-state index contributed by atoms with van der Waals surface area (Å²) in [5.41, 5.74) is 2.02. The monoisotopic (exact) mass is 234 g/mol. The zero-order chi connectivity index (χ0) is 11.4. The van der Waals surface area contributed by atoms with Crippen molar-refractivity contribution in [3.8, 4) is 0 Å². The molecule has 0 N–H and O–H groups in total. The van der Waals surface area contributed by atoms with Crippen molar-refractivity contribution in [1.82, 2.24) is 0 Å². The minimum Gasteiger partial charge on any atom is -0.346 e. The Balaban J connectivity index is 2.52. The predicted octanol–water partition coefficient (Wildman–Crippen LogP) is 3.24. The van der Waals surface area contributed by atoms with Gasteiger partial charge < -0.3 is 9.47 Å². The van der Waals surface area contributed by atoms with Crippen molar-refractivity contribution in [1.29, 1.82) is 0 Å². The quantitative estimate of drug-likeness (QED) is 0.756. The molecule has 0 spiro atoms. The molecule has 2 rings (SSSR count). The molecule has 0 atom stereocenters. The van der Waals surface area contributed by atoms with Gasteiger partial charge in [0.05, 0.1) is 0 Å². The van der Waals surface area contributed by atoms with E-state index in [1.807, 2.05) is 47.2 Å². The van der Waals surface area contributed by atoms with Crippen LogP contribution in [0, 0.1) is 0 Å². The smallest absolute Gasteiger partial charge is 0.222 e. The lowest BCUT2D eigenvalue weighted by Gasteiger charge is -2.30. The molecule has 0 saturated carbocycles. The minimum absolute atomic E-state index is 0.790. The summed E-state index contributed by atoms with van der Waals surface area (Å²) >= 11 is 1.63. The van der Waals surface area contributed by atoms with Crippen molar-refractivity contribution in [2.75, 3.05) is 14.2 Å². The van der Waals surface area contributed by atoms with Crippen LogP contribution in [-0.4, -0.2) is 14.2 Å². The largest absolute Gasteiger partial charge is 0.346 e. The van der Waals surface area contributed by atoms with Gasteiger partial charge in [0.2, 0.25) is 5.79 Å². The molecule has 0 aliphatic heterocycles. The third-order valence-electron chi connectivity index (χ3n) is 2.63.